The van der Waals surface area contributed by atoms with Crippen LogP contribution in [-0.4, -0.2) is 68.5 Å². The monoisotopic (exact) mass is 596 g/mol. The highest BCUT2D eigenvalue weighted by molar-refractivity contribution is 6.13. The SMILES string of the molecule is CC(C)(C)C(=O)OCCOC(=O)c1cc(NC(=O)c2cc(O)cc(C(=O)Nc3ccc(O)c(C(=O)O)c3)c2O)ccc1O. The number of phenolic OH excluding ortho intramolecular Hbond substituents is 3. The van der Waals surface area contributed by atoms with Gasteiger partial charge in [0.2, 0.25) is 0 Å². The van der Waals surface area contributed by atoms with Crippen molar-refractivity contribution < 1.29 is 59.0 Å². The van der Waals surface area contributed by atoms with E-state index in [1.165, 1.54) is 12.1 Å². The van der Waals surface area contributed by atoms with Gasteiger partial charge < -0.3 is 45.6 Å². The van der Waals surface area contributed by atoms with Crippen molar-refractivity contribution in [3.05, 3.63) is 70.8 Å². The number of carbonyl (C=O) groups is 5. The molecule has 226 valence electrons. The number of carboxylic acids is 1. The number of esters is 2. The summed E-state index contributed by atoms with van der Waals surface area (Å²) < 4.78 is 10.0. The Hall–Kier alpha value is -5.79. The predicted octanol–water partition coefficient (Wildman–Crippen LogP) is 3.46. The van der Waals surface area contributed by atoms with Crippen molar-refractivity contribution >= 4 is 41.1 Å². The molecule has 0 bridgehead atoms. The van der Waals surface area contributed by atoms with Crippen LogP contribution in [0.15, 0.2) is 48.5 Å². The van der Waals surface area contributed by atoms with Crippen LogP contribution < -0.4 is 10.6 Å². The van der Waals surface area contributed by atoms with Crippen molar-refractivity contribution in [2.75, 3.05) is 23.8 Å². The third-order valence-electron chi connectivity index (χ3n) is 5.71. The Bertz CT molecular complexity index is 1610. The fraction of sp³-hybridized carbons (Fsp3) is 0.207. The second-order valence-electron chi connectivity index (χ2n) is 10.1. The van der Waals surface area contributed by atoms with E-state index in [1.807, 2.05) is 0 Å². The van der Waals surface area contributed by atoms with Crippen molar-refractivity contribution in [2.24, 2.45) is 5.41 Å². The van der Waals surface area contributed by atoms with Gasteiger partial charge in [0.1, 0.15) is 47.3 Å². The minimum Gasteiger partial charge on any atom is -0.508 e. The Labute approximate surface area is 244 Å². The van der Waals surface area contributed by atoms with Crippen molar-refractivity contribution in [1.82, 2.24) is 0 Å². The minimum absolute atomic E-state index is 0.0343. The normalized spacial score (nSPS) is 10.9. The van der Waals surface area contributed by atoms with Gasteiger partial charge in [-0.25, -0.2) is 9.59 Å². The first-order valence-corrected chi connectivity index (χ1v) is 12.5. The first-order chi connectivity index (χ1) is 20.1. The molecule has 14 nitrogen and oxygen atoms in total. The molecule has 0 heterocycles. The average Bonchev–Trinajstić information content (AvgIpc) is 2.93. The molecule has 0 aliphatic rings. The average molecular weight is 597 g/mol. The highest BCUT2D eigenvalue weighted by Crippen LogP contribution is 2.31. The number of aromatic carboxylic acids is 1. The summed E-state index contributed by atoms with van der Waals surface area (Å²) in [7, 11) is 0. The highest BCUT2D eigenvalue weighted by Gasteiger charge is 2.24. The first-order valence-electron chi connectivity index (χ1n) is 12.5. The molecule has 2 amide bonds. The summed E-state index contributed by atoms with van der Waals surface area (Å²) in [5, 5.41) is 54.4. The van der Waals surface area contributed by atoms with Gasteiger partial charge in [-0.3, -0.25) is 14.4 Å². The zero-order valence-corrected chi connectivity index (χ0v) is 23.1. The number of hydrogen-bond acceptors (Lipinski definition) is 11. The van der Waals surface area contributed by atoms with Gasteiger partial charge in [-0.2, -0.15) is 0 Å². The topological polar surface area (TPSA) is 229 Å². The Morgan fingerprint density at radius 2 is 1.14 bits per heavy atom. The minimum atomic E-state index is -1.46. The van der Waals surface area contributed by atoms with Gasteiger partial charge in [0.15, 0.2) is 0 Å². The lowest BCUT2D eigenvalue weighted by Crippen LogP contribution is -2.25. The van der Waals surface area contributed by atoms with Crippen LogP contribution in [0.5, 0.6) is 23.0 Å². The van der Waals surface area contributed by atoms with Crippen molar-refractivity contribution in [2.45, 2.75) is 20.8 Å². The molecule has 0 aliphatic carbocycles. The fourth-order valence-electron chi connectivity index (χ4n) is 3.49. The maximum atomic E-state index is 13.0. The van der Waals surface area contributed by atoms with E-state index in [2.05, 4.69) is 10.6 Å². The van der Waals surface area contributed by atoms with Gasteiger partial charge >= 0.3 is 17.9 Å². The van der Waals surface area contributed by atoms with E-state index in [0.717, 1.165) is 36.4 Å². The summed E-state index contributed by atoms with van der Waals surface area (Å²) >= 11 is 0. The molecule has 0 atom stereocenters. The molecule has 0 aliphatic heterocycles. The molecule has 0 saturated carbocycles. The maximum Gasteiger partial charge on any atom is 0.342 e. The number of nitrogens with one attached hydrogen (secondary N) is 2. The summed E-state index contributed by atoms with van der Waals surface area (Å²) in [6.07, 6.45) is 0. The number of carbonyl (C=O) groups excluding carboxylic acids is 4. The van der Waals surface area contributed by atoms with E-state index >= 15 is 0 Å². The first kappa shape index (κ1) is 31.7. The number of benzene rings is 3. The number of amides is 2. The number of anilines is 2. The van der Waals surface area contributed by atoms with Gasteiger partial charge in [0, 0.05) is 11.4 Å². The summed E-state index contributed by atoms with van der Waals surface area (Å²) in [6, 6.07) is 8.34. The van der Waals surface area contributed by atoms with E-state index in [0.29, 0.717) is 0 Å². The number of carboxylic acid groups (broad SMARTS) is 1. The van der Waals surface area contributed by atoms with Crippen LogP contribution in [-0.2, 0) is 14.3 Å². The lowest BCUT2D eigenvalue weighted by atomic mass is 9.97. The Kier molecular flexibility index (Phi) is 9.45. The molecule has 0 saturated heterocycles. The summed E-state index contributed by atoms with van der Waals surface area (Å²) in [4.78, 5) is 61.3. The summed E-state index contributed by atoms with van der Waals surface area (Å²) in [5.41, 5.74) is -2.77. The van der Waals surface area contributed by atoms with Crippen LogP contribution >= 0.6 is 0 Å². The smallest absolute Gasteiger partial charge is 0.342 e. The van der Waals surface area contributed by atoms with E-state index in [4.69, 9.17) is 14.6 Å². The molecule has 3 aromatic carbocycles. The number of aromatic hydroxyl groups is 4. The van der Waals surface area contributed by atoms with Crippen molar-refractivity contribution in [1.29, 1.82) is 0 Å². The van der Waals surface area contributed by atoms with Gasteiger partial charge in [0.25, 0.3) is 11.8 Å². The molecule has 0 spiro atoms. The van der Waals surface area contributed by atoms with Crippen LogP contribution in [0, 0.1) is 5.41 Å². The lowest BCUT2D eigenvalue weighted by molar-refractivity contribution is -0.154. The standard InChI is InChI=1S/C29H28N2O12/c1-29(2,3)28(41)43-9-8-42-27(40)18-11-15(5-7-22(18)34)31-25(37)20-13-16(32)12-19(23(20)35)24(36)30-14-4-6-21(33)17(10-14)26(38)39/h4-7,10-13,32-35H,8-9H2,1-3H3,(H,30,36)(H,31,37)(H,38,39). The number of phenols is 4. The molecular weight excluding hydrogens is 568 g/mol. The van der Waals surface area contributed by atoms with Gasteiger partial charge in [-0.05, 0) is 69.3 Å². The predicted molar refractivity (Wildman–Crippen MR) is 150 cm³/mol. The largest absolute Gasteiger partial charge is 0.508 e. The second-order valence-corrected chi connectivity index (χ2v) is 10.1. The van der Waals surface area contributed by atoms with E-state index in [-0.39, 0.29) is 30.2 Å². The van der Waals surface area contributed by atoms with Crippen LogP contribution in [0.2, 0.25) is 0 Å². The van der Waals surface area contributed by atoms with Crippen molar-refractivity contribution in [3.63, 3.8) is 0 Å². The second kappa shape index (κ2) is 12.8. The van der Waals surface area contributed by atoms with Crippen LogP contribution in [0.25, 0.3) is 0 Å². The number of rotatable bonds is 9. The molecule has 0 fully saturated rings. The van der Waals surface area contributed by atoms with Crippen LogP contribution in [0.4, 0.5) is 11.4 Å². The van der Waals surface area contributed by atoms with E-state index < -0.39 is 74.8 Å². The molecule has 7 N–H and O–H groups in total. The van der Waals surface area contributed by atoms with Crippen LogP contribution in [0.1, 0.15) is 62.2 Å². The molecular formula is C29H28N2O12. The molecule has 3 rings (SSSR count). The third kappa shape index (κ3) is 7.91. The zero-order chi connectivity index (χ0) is 32.1. The Morgan fingerprint density at radius 3 is 1.63 bits per heavy atom. The number of hydrogen-bond donors (Lipinski definition) is 7. The lowest BCUT2D eigenvalue weighted by Gasteiger charge is -2.16. The molecule has 0 unspecified atom stereocenters. The highest BCUT2D eigenvalue weighted by atomic mass is 16.6. The van der Waals surface area contributed by atoms with Crippen molar-refractivity contribution in [3.8, 4) is 23.0 Å². The third-order valence-corrected chi connectivity index (χ3v) is 5.71. The molecule has 14 heteroatoms. The summed E-state index contributed by atoms with van der Waals surface area (Å²) in [5.74, 6) is -7.42. The quantitative estimate of drug-likeness (QED) is 0.107. The molecule has 0 radical (unpaired) electrons. The number of ether oxygens (including phenoxy) is 2. The summed E-state index contributed by atoms with van der Waals surface area (Å²) in [6.45, 7) is 4.43. The maximum absolute atomic E-state index is 13.0. The van der Waals surface area contributed by atoms with Gasteiger partial charge in [-0.15, -0.1) is 0 Å². The molecule has 0 aromatic heterocycles. The molecule has 43 heavy (non-hydrogen) atoms. The fourth-order valence-corrected chi connectivity index (χ4v) is 3.49. The van der Waals surface area contributed by atoms with Gasteiger partial charge in [0.05, 0.1) is 16.5 Å². The van der Waals surface area contributed by atoms with Crippen LogP contribution in [0.3, 0.4) is 0 Å². The Balaban J connectivity index is 1.75. The Morgan fingerprint density at radius 1 is 0.674 bits per heavy atom. The molecule has 3 aromatic rings. The van der Waals surface area contributed by atoms with E-state index in [9.17, 15) is 44.4 Å². The zero-order valence-electron chi connectivity index (χ0n) is 23.1. The van der Waals surface area contributed by atoms with E-state index in [1.54, 1.807) is 20.8 Å². The van der Waals surface area contributed by atoms with Gasteiger partial charge in [-0.1, -0.05) is 0 Å².